The Morgan fingerprint density at radius 2 is 2.11 bits per heavy atom. The Hall–Kier alpha value is -1.49. The molecule has 0 amide bonds. The SMILES string of the molecule is Cc1nc(Br)cc(N(C)CCc2ccccn2)n1. The standard InChI is InChI=1S/C13H15BrN4/c1-10-16-12(14)9-13(17-10)18(2)8-6-11-5-3-4-7-15-11/h3-5,7,9H,6,8H2,1-2H3. The highest BCUT2D eigenvalue weighted by atomic mass is 79.9. The Balaban J connectivity index is 2.01. The van der Waals surface area contributed by atoms with Crippen LogP contribution in [-0.2, 0) is 6.42 Å². The summed E-state index contributed by atoms with van der Waals surface area (Å²) in [4.78, 5) is 15.0. The minimum atomic E-state index is 0.768. The van der Waals surface area contributed by atoms with E-state index in [1.54, 1.807) is 0 Å². The molecule has 0 radical (unpaired) electrons. The number of hydrogen-bond acceptors (Lipinski definition) is 4. The minimum absolute atomic E-state index is 0.768. The van der Waals surface area contributed by atoms with Crippen LogP contribution in [-0.4, -0.2) is 28.5 Å². The maximum Gasteiger partial charge on any atom is 0.133 e. The van der Waals surface area contributed by atoms with Gasteiger partial charge in [0.05, 0.1) is 0 Å². The summed E-state index contributed by atoms with van der Waals surface area (Å²) in [5.41, 5.74) is 1.09. The topological polar surface area (TPSA) is 41.9 Å². The number of likely N-dealkylation sites (N-methyl/N-ethyl adjacent to an activating group) is 1. The second-order valence-corrected chi connectivity index (χ2v) is 4.90. The number of pyridine rings is 1. The van der Waals surface area contributed by atoms with Gasteiger partial charge in [0.1, 0.15) is 16.2 Å². The average Bonchev–Trinajstić information content (AvgIpc) is 2.36. The molecule has 0 aliphatic heterocycles. The second kappa shape index (κ2) is 5.91. The number of rotatable bonds is 4. The van der Waals surface area contributed by atoms with Crippen LogP contribution in [0.5, 0.6) is 0 Å². The van der Waals surface area contributed by atoms with Gasteiger partial charge in [0.2, 0.25) is 0 Å². The van der Waals surface area contributed by atoms with Crippen molar-refractivity contribution in [3.8, 4) is 0 Å². The van der Waals surface area contributed by atoms with Crippen molar-refractivity contribution in [3.63, 3.8) is 0 Å². The van der Waals surface area contributed by atoms with E-state index >= 15 is 0 Å². The zero-order valence-electron chi connectivity index (χ0n) is 10.5. The van der Waals surface area contributed by atoms with Crippen LogP contribution in [0.3, 0.4) is 0 Å². The van der Waals surface area contributed by atoms with Crippen molar-refractivity contribution < 1.29 is 0 Å². The van der Waals surface area contributed by atoms with E-state index in [2.05, 4.69) is 35.8 Å². The van der Waals surface area contributed by atoms with Gasteiger partial charge in [0.25, 0.3) is 0 Å². The molecule has 0 aliphatic carbocycles. The maximum absolute atomic E-state index is 4.41. The monoisotopic (exact) mass is 306 g/mol. The number of anilines is 1. The first kappa shape index (κ1) is 13.0. The molecule has 0 N–H and O–H groups in total. The van der Waals surface area contributed by atoms with E-state index in [9.17, 15) is 0 Å². The number of halogens is 1. The summed E-state index contributed by atoms with van der Waals surface area (Å²) in [7, 11) is 2.02. The molecule has 0 saturated heterocycles. The molecule has 0 fully saturated rings. The molecule has 2 aromatic heterocycles. The maximum atomic E-state index is 4.41. The lowest BCUT2D eigenvalue weighted by Gasteiger charge is -2.18. The number of aryl methyl sites for hydroxylation is 1. The van der Waals surface area contributed by atoms with Crippen LogP contribution in [0.25, 0.3) is 0 Å². The first-order valence-electron chi connectivity index (χ1n) is 5.77. The van der Waals surface area contributed by atoms with E-state index in [4.69, 9.17) is 0 Å². The number of aromatic nitrogens is 3. The van der Waals surface area contributed by atoms with Gasteiger partial charge in [-0.25, -0.2) is 9.97 Å². The van der Waals surface area contributed by atoms with Gasteiger partial charge in [0.15, 0.2) is 0 Å². The summed E-state index contributed by atoms with van der Waals surface area (Å²) >= 11 is 3.39. The summed E-state index contributed by atoms with van der Waals surface area (Å²) in [6.07, 6.45) is 2.72. The van der Waals surface area contributed by atoms with Gasteiger partial charge >= 0.3 is 0 Å². The molecule has 0 bridgehead atoms. The van der Waals surface area contributed by atoms with Crippen LogP contribution in [0.2, 0.25) is 0 Å². The van der Waals surface area contributed by atoms with Gasteiger partial charge in [-0.1, -0.05) is 6.07 Å². The van der Waals surface area contributed by atoms with Gasteiger partial charge in [-0.15, -0.1) is 0 Å². The highest BCUT2D eigenvalue weighted by molar-refractivity contribution is 9.10. The average molecular weight is 307 g/mol. The lowest BCUT2D eigenvalue weighted by atomic mass is 10.2. The smallest absolute Gasteiger partial charge is 0.133 e. The highest BCUT2D eigenvalue weighted by Crippen LogP contribution is 2.15. The molecule has 5 heteroatoms. The Bertz CT molecular complexity index is 495. The molecule has 2 aromatic rings. The first-order chi connectivity index (χ1) is 8.65. The fourth-order valence-corrected chi connectivity index (χ4v) is 2.12. The van der Waals surface area contributed by atoms with Crippen LogP contribution in [0.4, 0.5) is 5.82 Å². The summed E-state index contributed by atoms with van der Waals surface area (Å²) in [5, 5.41) is 0. The van der Waals surface area contributed by atoms with E-state index in [1.807, 2.05) is 44.4 Å². The van der Waals surface area contributed by atoms with E-state index < -0.39 is 0 Å². The molecule has 4 nitrogen and oxygen atoms in total. The fourth-order valence-electron chi connectivity index (χ4n) is 1.65. The minimum Gasteiger partial charge on any atom is -0.359 e. The van der Waals surface area contributed by atoms with Gasteiger partial charge in [-0.05, 0) is 35.0 Å². The van der Waals surface area contributed by atoms with Crippen LogP contribution in [0.1, 0.15) is 11.5 Å². The molecule has 0 atom stereocenters. The van der Waals surface area contributed by atoms with Crippen molar-refractivity contribution in [2.24, 2.45) is 0 Å². The quantitative estimate of drug-likeness (QED) is 0.814. The van der Waals surface area contributed by atoms with E-state index in [-0.39, 0.29) is 0 Å². The molecule has 0 aliphatic rings. The van der Waals surface area contributed by atoms with E-state index in [0.29, 0.717) is 0 Å². The van der Waals surface area contributed by atoms with Crippen molar-refractivity contribution in [1.29, 1.82) is 0 Å². The van der Waals surface area contributed by atoms with Crippen molar-refractivity contribution in [2.45, 2.75) is 13.3 Å². The Morgan fingerprint density at radius 1 is 1.28 bits per heavy atom. The molecule has 0 unspecified atom stereocenters. The van der Waals surface area contributed by atoms with Gasteiger partial charge < -0.3 is 4.90 Å². The fraction of sp³-hybridized carbons (Fsp3) is 0.308. The zero-order chi connectivity index (χ0) is 13.0. The lowest BCUT2D eigenvalue weighted by molar-refractivity contribution is 0.829. The number of nitrogens with zero attached hydrogens (tertiary/aromatic N) is 4. The van der Waals surface area contributed by atoms with Crippen LogP contribution >= 0.6 is 15.9 Å². The van der Waals surface area contributed by atoms with Crippen molar-refractivity contribution in [1.82, 2.24) is 15.0 Å². The molecule has 0 aromatic carbocycles. The normalized spacial score (nSPS) is 10.4. The van der Waals surface area contributed by atoms with Crippen LogP contribution < -0.4 is 4.90 Å². The van der Waals surface area contributed by atoms with Crippen LogP contribution in [0.15, 0.2) is 35.1 Å². The predicted octanol–water partition coefficient (Wildman–Crippen LogP) is 2.62. The largest absolute Gasteiger partial charge is 0.359 e. The molecular weight excluding hydrogens is 292 g/mol. The van der Waals surface area contributed by atoms with Gasteiger partial charge in [-0.3, -0.25) is 4.98 Å². The lowest BCUT2D eigenvalue weighted by Crippen LogP contribution is -2.22. The summed E-state index contributed by atoms with van der Waals surface area (Å²) in [6, 6.07) is 7.90. The third-order valence-corrected chi connectivity index (χ3v) is 3.02. The molecule has 18 heavy (non-hydrogen) atoms. The van der Waals surface area contributed by atoms with E-state index in [1.165, 1.54) is 0 Å². The molecule has 0 spiro atoms. The van der Waals surface area contributed by atoms with Gasteiger partial charge in [0, 0.05) is 38.0 Å². The Labute approximate surface area is 115 Å². The molecule has 2 heterocycles. The third kappa shape index (κ3) is 3.50. The summed E-state index contributed by atoms with van der Waals surface area (Å²) in [5.74, 6) is 1.69. The van der Waals surface area contributed by atoms with Crippen molar-refractivity contribution >= 4 is 21.7 Å². The Morgan fingerprint density at radius 3 is 2.78 bits per heavy atom. The van der Waals surface area contributed by atoms with Crippen molar-refractivity contribution in [2.75, 3.05) is 18.5 Å². The second-order valence-electron chi connectivity index (χ2n) is 4.09. The van der Waals surface area contributed by atoms with Crippen molar-refractivity contribution in [3.05, 3.63) is 46.6 Å². The summed E-state index contributed by atoms with van der Waals surface area (Å²) < 4.78 is 0.815. The van der Waals surface area contributed by atoms with Crippen LogP contribution in [0, 0.1) is 6.92 Å². The Kier molecular flexibility index (Phi) is 4.25. The number of hydrogen-bond donors (Lipinski definition) is 0. The first-order valence-corrected chi connectivity index (χ1v) is 6.56. The molecule has 0 saturated carbocycles. The molecule has 2 rings (SSSR count). The van der Waals surface area contributed by atoms with E-state index in [0.717, 1.165) is 34.9 Å². The summed E-state index contributed by atoms with van der Waals surface area (Å²) in [6.45, 7) is 2.76. The third-order valence-electron chi connectivity index (χ3n) is 2.61. The molecular formula is C13H15BrN4. The zero-order valence-corrected chi connectivity index (χ0v) is 12.1. The molecule has 94 valence electrons. The highest BCUT2D eigenvalue weighted by Gasteiger charge is 2.05. The van der Waals surface area contributed by atoms with Gasteiger partial charge in [-0.2, -0.15) is 0 Å². The predicted molar refractivity (Wildman–Crippen MR) is 75.7 cm³/mol.